The van der Waals surface area contributed by atoms with E-state index in [4.69, 9.17) is 5.14 Å². The molecule has 1 fully saturated rings. The molecule has 8 heteroatoms. The van der Waals surface area contributed by atoms with Crippen LogP contribution in [-0.2, 0) is 10.0 Å². The van der Waals surface area contributed by atoms with Gasteiger partial charge >= 0.3 is 0 Å². The summed E-state index contributed by atoms with van der Waals surface area (Å²) in [6.45, 7) is 6.70. The topological polar surface area (TPSA) is 96.1 Å². The molecule has 0 aliphatic carbocycles. The van der Waals surface area contributed by atoms with Gasteiger partial charge in [-0.25, -0.2) is 13.6 Å². The quantitative estimate of drug-likeness (QED) is 0.880. The number of carbonyl (C=O) groups is 1. The van der Waals surface area contributed by atoms with Crippen molar-refractivity contribution in [3.05, 3.63) is 29.8 Å². The highest BCUT2D eigenvalue weighted by molar-refractivity contribution is 7.89. The number of hydrogen-bond acceptors (Lipinski definition) is 5. The van der Waals surface area contributed by atoms with Crippen LogP contribution in [0.2, 0.25) is 0 Å². The van der Waals surface area contributed by atoms with Gasteiger partial charge in [-0.15, -0.1) is 0 Å². The van der Waals surface area contributed by atoms with Crippen molar-refractivity contribution in [3.8, 4) is 0 Å². The van der Waals surface area contributed by atoms with Gasteiger partial charge in [-0.3, -0.25) is 9.80 Å². The molecule has 1 atom stereocenters. The minimum Gasteiger partial charge on any atom is -0.332 e. The van der Waals surface area contributed by atoms with Crippen molar-refractivity contribution in [1.29, 1.82) is 0 Å². The van der Waals surface area contributed by atoms with Crippen molar-refractivity contribution < 1.29 is 13.2 Å². The number of carbonyl (C=O) groups excluding carboxylic acids is 1. The lowest BCUT2D eigenvalue weighted by Crippen LogP contribution is -2.42. The average Bonchev–Trinajstić information content (AvgIpc) is 3.09. The normalized spacial score (nSPS) is 23.0. The number of likely N-dealkylation sites (tertiary alicyclic amines) is 1. The molecule has 136 valence electrons. The largest absolute Gasteiger partial charge is 0.332 e. The zero-order valence-corrected chi connectivity index (χ0v) is 15.6. The van der Waals surface area contributed by atoms with Crippen molar-refractivity contribution >= 4 is 27.3 Å². The van der Waals surface area contributed by atoms with Crippen molar-refractivity contribution in [1.82, 2.24) is 4.90 Å². The first-order valence-electron chi connectivity index (χ1n) is 8.33. The van der Waals surface area contributed by atoms with E-state index in [1.54, 1.807) is 17.0 Å². The number of hydrogen-bond donors (Lipinski definition) is 1. The molecular weight excluding hydrogens is 340 g/mol. The number of sulfonamides is 1. The summed E-state index contributed by atoms with van der Waals surface area (Å²) in [6.07, 6.45) is 1.29. The molecule has 0 spiro atoms. The third kappa shape index (κ3) is 3.55. The number of anilines is 1. The lowest BCUT2D eigenvalue weighted by molar-refractivity contribution is 0.0652. The second-order valence-electron chi connectivity index (χ2n) is 7.40. The van der Waals surface area contributed by atoms with Crippen molar-refractivity contribution in [3.63, 3.8) is 0 Å². The predicted octanol–water partition coefficient (Wildman–Crippen LogP) is 1.55. The zero-order chi connectivity index (χ0) is 18.4. The molecule has 1 aromatic carbocycles. The van der Waals surface area contributed by atoms with Gasteiger partial charge in [0.1, 0.15) is 0 Å². The van der Waals surface area contributed by atoms with Crippen LogP contribution in [0.15, 0.2) is 29.4 Å². The molecule has 2 aliphatic heterocycles. The van der Waals surface area contributed by atoms with Crippen LogP contribution in [0.1, 0.15) is 44.0 Å². The van der Waals surface area contributed by atoms with Crippen molar-refractivity contribution in [2.24, 2.45) is 10.2 Å². The van der Waals surface area contributed by atoms with Gasteiger partial charge in [-0.2, -0.15) is 5.10 Å². The second-order valence-corrected chi connectivity index (χ2v) is 9.24. The molecular formula is C17H24N4O3S. The molecule has 2 N–H and O–H groups in total. The number of nitrogens with two attached hydrogens (primary N) is 1. The minimum atomic E-state index is -3.66. The smallest absolute Gasteiger partial charge is 0.254 e. The number of primary sulfonamides is 1. The third-order valence-electron chi connectivity index (χ3n) is 4.94. The Morgan fingerprint density at radius 2 is 1.92 bits per heavy atom. The monoisotopic (exact) mass is 364 g/mol. The Morgan fingerprint density at radius 3 is 2.40 bits per heavy atom. The molecule has 0 aromatic heterocycles. The van der Waals surface area contributed by atoms with E-state index in [-0.39, 0.29) is 12.5 Å². The lowest BCUT2D eigenvalue weighted by atomic mass is 10.0. The molecule has 0 saturated carbocycles. The fourth-order valence-corrected chi connectivity index (χ4v) is 4.45. The summed E-state index contributed by atoms with van der Waals surface area (Å²) in [5, 5.41) is 10.9. The third-order valence-corrected chi connectivity index (χ3v) is 6.19. The second kappa shape index (κ2) is 6.10. The van der Waals surface area contributed by atoms with E-state index in [2.05, 4.69) is 5.10 Å². The van der Waals surface area contributed by atoms with Crippen molar-refractivity contribution in [2.75, 3.05) is 18.1 Å². The Kier molecular flexibility index (Phi) is 4.36. The summed E-state index contributed by atoms with van der Waals surface area (Å²) in [5.41, 5.74) is 2.01. The molecule has 1 unspecified atom stereocenters. The summed E-state index contributed by atoms with van der Waals surface area (Å²) in [4.78, 5) is 14.5. The van der Waals surface area contributed by atoms with Crippen LogP contribution in [0.4, 0.5) is 5.69 Å². The van der Waals surface area contributed by atoms with Gasteiger partial charge in [-0.05, 0) is 51.5 Å². The highest BCUT2D eigenvalue weighted by Gasteiger charge is 2.45. The van der Waals surface area contributed by atoms with Gasteiger partial charge < -0.3 is 4.90 Å². The fourth-order valence-electron chi connectivity index (χ4n) is 3.45. The van der Waals surface area contributed by atoms with Crippen LogP contribution in [0.3, 0.4) is 0 Å². The number of amides is 1. The number of hydrazone groups is 1. The average molecular weight is 364 g/mol. The Hall–Kier alpha value is -1.93. The van der Waals surface area contributed by atoms with E-state index in [1.165, 1.54) is 0 Å². The van der Waals surface area contributed by atoms with Crippen LogP contribution < -0.4 is 10.1 Å². The van der Waals surface area contributed by atoms with Gasteiger partial charge in [0, 0.05) is 36.3 Å². The molecule has 1 aromatic rings. The Bertz CT molecular complexity index is 815. The molecule has 2 aliphatic rings. The highest BCUT2D eigenvalue weighted by Crippen LogP contribution is 2.33. The van der Waals surface area contributed by atoms with E-state index in [0.29, 0.717) is 12.0 Å². The maximum atomic E-state index is 12.9. The van der Waals surface area contributed by atoms with Crippen molar-refractivity contribution in [2.45, 2.75) is 44.4 Å². The molecule has 0 radical (unpaired) electrons. The van der Waals surface area contributed by atoms with Crippen LogP contribution in [0.5, 0.6) is 0 Å². The van der Waals surface area contributed by atoms with Gasteiger partial charge in [0.05, 0.1) is 10.9 Å². The first kappa shape index (κ1) is 17.9. The SMILES string of the molecule is CC1=NN(c2ccc(C(=O)N3CC(S(N)(=O)=O)CC3(C)C)cc2)CC1. The summed E-state index contributed by atoms with van der Waals surface area (Å²) >= 11 is 0. The first-order chi connectivity index (χ1) is 11.6. The van der Waals surface area contributed by atoms with E-state index in [0.717, 1.165) is 24.4 Å². The van der Waals surface area contributed by atoms with Gasteiger partial charge in [-0.1, -0.05) is 0 Å². The van der Waals surface area contributed by atoms with Gasteiger partial charge in [0.15, 0.2) is 0 Å². The fraction of sp³-hybridized carbons (Fsp3) is 0.529. The lowest BCUT2D eigenvalue weighted by Gasteiger charge is -2.31. The standard InChI is InChI=1S/C17H24N4O3S/c1-12-8-9-21(19-12)14-6-4-13(5-7-14)16(22)20-11-15(25(18,23)24)10-17(20,2)3/h4-7,15H,8-11H2,1-3H3,(H2,18,23,24). The molecule has 1 saturated heterocycles. The predicted molar refractivity (Wildman–Crippen MR) is 98.1 cm³/mol. The van der Waals surface area contributed by atoms with Gasteiger partial charge in [0.25, 0.3) is 5.91 Å². The molecule has 3 rings (SSSR count). The molecule has 0 bridgehead atoms. The molecule has 7 nitrogen and oxygen atoms in total. The first-order valence-corrected chi connectivity index (χ1v) is 9.94. The summed E-state index contributed by atoms with van der Waals surface area (Å²) in [5.74, 6) is -0.177. The minimum absolute atomic E-state index is 0.127. The Balaban J connectivity index is 1.79. The van der Waals surface area contributed by atoms with Crippen LogP contribution in [0, 0.1) is 0 Å². The highest BCUT2D eigenvalue weighted by atomic mass is 32.2. The summed E-state index contributed by atoms with van der Waals surface area (Å²) in [7, 11) is -3.66. The molecule has 25 heavy (non-hydrogen) atoms. The molecule has 2 heterocycles. The number of benzene rings is 1. The van der Waals surface area contributed by atoms with E-state index >= 15 is 0 Å². The van der Waals surface area contributed by atoms with Crippen LogP contribution in [-0.4, -0.2) is 48.8 Å². The van der Waals surface area contributed by atoms with Gasteiger partial charge in [0.2, 0.25) is 10.0 Å². The zero-order valence-electron chi connectivity index (χ0n) is 14.8. The summed E-state index contributed by atoms with van der Waals surface area (Å²) in [6, 6.07) is 7.27. The Labute approximate surface area is 148 Å². The van der Waals surface area contributed by atoms with Crippen LogP contribution >= 0.6 is 0 Å². The van der Waals surface area contributed by atoms with Crippen LogP contribution in [0.25, 0.3) is 0 Å². The van der Waals surface area contributed by atoms with E-state index < -0.39 is 20.8 Å². The Morgan fingerprint density at radius 1 is 1.28 bits per heavy atom. The number of rotatable bonds is 3. The number of nitrogens with zero attached hydrogens (tertiary/aromatic N) is 3. The summed E-state index contributed by atoms with van der Waals surface area (Å²) < 4.78 is 23.3. The molecule has 1 amide bonds. The van der Waals surface area contributed by atoms with E-state index in [1.807, 2.05) is 37.9 Å². The van der Waals surface area contributed by atoms with E-state index in [9.17, 15) is 13.2 Å². The maximum Gasteiger partial charge on any atom is 0.254 e. The maximum absolute atomic E-state index is 12.9.